The summed E-state index contributed by atoms with van der Waals surface area (Å²) in [6, 6.07) is 0. The van der Waals surface area contributed by atoms with E-state index in [1.54, 1.807) is 11.3 Å². The number of likely N-dealkylation sites (tertiary alicyclic amines) is 1. The second-order valence-corrected chi connectivity index (χ2v) is 6.76. The normalized spacial score (nSPS) is 31.1. The lowest BCUT2D eigenvalue weighted by molar-refractivity contribution is -0.0886. The van der Waals surface area contributed by atoms with Gasteiger partial charge in [0.2, 0.25) is 0 Å². The van der Waals surface area contributed by atoms with Crippen molar-refractivity contribution in [1.29, 1.82) is 0 Å². The van der Waals surface area contributed by atoms with Gasteiger partial charge in [-0.25, -0.2) is 0 Å². The lowest BCUT2D eigenvalue weighted by Crippen LogP contribution is -2.54. The third-order valence-electron chi connectivity index (χ3n) is 4.80. The number of piperidine rings is 1. The highest BCUT2D eigenvalue weighted by Gasteiger charge is 2.43. The zero-order chi connectivity index (χ0) is 13.5. The molecule has 1 N–H and O–H groups in total. The van der Waals surface area contributed by atoms with E-state index in [4.69, 9.17) is 0 Å². The molecule has 1 amide bonds. The smallest absolute Gasteiger partial charge is 0.254 e. The van der Waals surface area contributed by atoms with E-state index in [9.17, 15) is 9.90 Å². The van der Waals surface area contributed by atoms with E-state index in [-0.39, 0.29) is 11.8 Å². The van der Waals surface area contributed by atoms with Gasteiger partial charge in [0.25, 0.3) is 5.91 Å². The molecule has 104 valence electrons. The van der Waals surface area contributed by atoms with Gasteiger partial charge < -0.3 is 10.0 Å². The zero-order valence-corrected chi connectivity index (χ0v) is 12.2. The Bertz CT molecular complexity index is 484. The molecule has 0 bridgehead atoms. The number of rotatable bonds is 1. The number of amides is 1. The largest absolute Gasteiger partial charge is 0.389 e. The predicted octanol–water partition coefficient (Wildman–Crippen LogP) is 2.82. The fraction of sp³-hybridized carbons (Fsp3) is 0.667. The first kappa shape index (κ1) is 13.1. The van der Waals surface area contributed by atoms with E-state index in [0.717, 1.165) is 43.4 Å². The lowest BCUT2D eigenvalue weighted by Gasteiger charge is -2.47. The van der Waals surface area contributed by atoms with Crippen LogP contribution in [-0.2, 0) is 0 Å². The van der Waals surface area contributed by atoms with E-state index in [0.29, 0.717) is 6.54 Å². The van der Waals surface area contributed by atoms with Crippen molar-refractivity contribution in [3.8, 4) is 0 Å². The molecule has 0 aromatic carbocycles. The molecule has 2 unspecified atom stereocenters. The van der Waals surface area contributed by atoms with Gasteiger partial charge in [0, 0.05) is 24.4 Å². The average Bonchev–Trinajstić information content (AvgIpc) is 2.83. The Morgan fingerprint density at radius 3 is 3.00 bits per heavy atom. The number of nitrogens with zero attached hydrogens (tertiary/aromatic N) is 1. The summed E-state index contributed by atoms with van der Waals surface area (Å²) in [5.74, 6) is 0.421. The number of fused-ring (bicyclic) bond motifs is 1. The van der Waals surface area contributed by atoms with Gasteiger partial charge in [-0.3, -0.25) is 4.79 Å². The van der Waals surface area contributed by atoms with Crippen molar-refractivity contribution < 1.29 is 9.90 Å². The SMILES string of the molecule is Cc1cscc1C(=O)N1CCC2(O)CCCCC2C1. The molecule has 0 radical (unpaired) electrons. The maximum absolute atomic E-state index is 12.5. The Hall–Kier alpha value is -0.870. The minimum absolute atomic E-state index is 0.145. The third-order valence-corrected chi connectivity index (χ3v) is 5.66. The Morgan fingerprint density at radius 1 is 1.42 bits per heavy atom. The Labute approximate surface area is 118 Å². The first-order chi connectivity index (χ1) is 9.10. The van der Waals surface area contributed by atoms with Gasteiger partial charge in [0.05, 0.1) is 11.2 Å². The van der Waals surface area contributed by atoms with Gasteiger partial charge in [-0.1, -0.05) is 12.8 Å². The first-order valence-corrected chi connectivity index (χ1v) is 8.09. The highest BCUT2D eigenvalue weighted by Crippen LogP contribution is 2.40. The number of aryl methyl sites for hydroxylation is 1. The van der Waals surface area contributed by atoms with Crippen LogP contribution in [0.25, 0.3) is 0 Å². The average molecular weight is 279 g/mol. The topological polar surface area (TPSA) is 40.5 Å². The molecule has 2 aliphatic rings. The van der Waals surface area contributed by atoms with Crippen molar-refractivity contribution in [1.82, 2.24) is 4.90 Å². The minimum atomic E-state index is -0.501. The number of thiophene rings is 1. The molecule has 3 rings (SSSR count). The molecule has 0 spiro atoms. The second-order valence-electron chi connectivity index (χ2n) is 6.02. The molecule has 2 atom stereocenters. The van der Waals surface area contributed by atoms with Crippen LogP contribution >= 0.6 is 11.3 Å². The molecule has 2 heterocycles. The molecule has 19 heavy (non-hydrogen) atoms. The molecule has 3 nitrogen and oxygen atoms in total. The van der Waals surface area contributed by atoms with Crippen LogP contribution in [0.15, 0.2) is 10.8 Å². The van der Waals surface area contributed by atoms with Gasteiger partial charge in [-0.2, -0.15) is 11.3 Å². The van der Waals surface area contributed by atoms with Crippen molar-refractivity contribution in [2.75, 3.05) is 13.1 Å². The molecule has 1 aliphatic carbocycles. The monoisotopic (exact) mass is 279 g/mol. The van der Waals surface area contributed by atoms with E-state index in [2.05, 4.69) is 0 Å². The van der Waals surface area contributed by atoms with Gasteiger partial charge >= 0.3 is 0 Å². The Balaban J connectivity index is 1.74. The molecule has 1 aliphatic heterocycles. The molecular weight excluding hydrogens is 258 g/mol. The van der Waals surface area contributed by atoms with Crippen molar-refractivity contribution in [2.45, 2.75) is 44.6 Å². The Kier molecular flexibility index (Phi) is 3.39. The highest BCUT2D eigenvalue weighted by molar-refractivity contribution is 7.08. The lowest BCUT2D eigenvalue weighted by atomic mass is 9.71. The molecular formula is C15H21NO2S. The van der Waals surface area contributed by atoms with Crippen LogP contribution in [0.5, 0.6) is 0 Å². The van der Waals surface area contributed by atoms with Gasteiger partial charge in [-0.15, -0.1) is 0 Å². The number of carbonyl (C=O) groups excluding carboxylic acids is 1. The highest BCUT2D eigenvalue weighted by atomic mass is 32.1. The summed E-state index contributed by atoms with van der Waals surface area (Å²) in [6.07, 6.45) is 5.03. The van der Waals surface area contributed by atoms with Gasteiger partial charge in [0.15, 0.2) is 0 Å². The number of carbonyl (C=O) groups is 1. The van der Waals surface area contributed by atoms with E-state index < -0.39 is 5.60 Å². The number of hydrogen-bond acceptors (Lipinski definition) is 3. The zero-order valence-electron chi connectivity index (χ0n) is 11.4. The van der Waals surface area contributed by atoms with Crippen molar-refractivity contribution in [2.24, 2.45) is 5.92 Å². The second kappa shape index (κ2) is 4.91. The summed E-state index contributed by atoms with van der Waals surface area (Å²) in [5, 5.41) is 14.6. The van der Waals surface area contributed by atoms with Crippen molar-refractivity contribution in [3.63, 3.8) is 0 Å². The van der Waals surface area contributed by atoms with Crippen LogP contribution < -0.4 is 0 Å². The maximum Gasteiger partial charge on any atom is 0.254 e. The van der Waals surface area contributed by atoms with Crippen LogP contribution in [-0.4, -0.2) is 34.6 Å². The molecule has 1 aromatic rings. The fourth-order valence-electron chi connectivity index (χ4n) is 3.51. The summed E-state index contributed by atoms with van der Waals surface area (Å²) < 4.78 is 0. The molecule has 1 saturated heterocycles. The standard InChI is InChI=1S/C15H21NO2S/c1-11-9-19-10-13(11)14(17)16-7-6-15(18)5-3-2-4-12(15)8-16/h9-10,12,18H,2-8H2,1H3. The maximum atomic E-state index is 12.5. The third kappa shape index (κ3) is 2.32. The summed E-state index contributed by atoms with van der Waals surface area (Å²) >= 11 is 1.58. The molecule has 4 heteroatoms. The molecule has 2 fully saturated rings. The fourth-order valence-corrected chi connectivity index (χ4v) is 4.33. The summed E-state index contributed by atoms with van der Waals surface area (Å²) in [6.45, 7) is 3.41. The van der Waals surface area contributed by atoms with Crippen LogP contribution in [0, 0.1) is 12.8 Å². The number of aliphatic hydroxyl groups is 1. The van der Waals surface area contributed by atoms with Crippen LogP contribution in [0.3, 0.4) is 0 Å². The van der Waals surface area contributed by atoms with E-state index in [1.807, 2.05) is 22.6 Å². The molecule has 1 aromatic heterocycles. The first-order valence-electron chi connectivity index (χ1n) is 7.14. The number of hydrogen-bond donors (Lipinski definition) is 1. The minimum Gasteiger partial charge on any atom is -0.389 e. The van der Waals surface area contributed by atoms with Crippen molar-refractivity contribution >= 4 is 17.2 Å². The Morgan fingerprint density at radius 2 is 2.26 bits per heavy atom. The van der Waals surface area contributed by atoms with Crippen LogP contribution in [0.4, 0.5) is 0 Å². The van der Waals surface area contributed by atoms with E-state index >= 15 is 0 Å². The molecule has 1 saturated carbocycles. The van der Waals surface area contributed by atoms with Gasteiger partial charge in [-0.05, 0) is 37.1 Å². The van der Waals surface area contributed by atoms with Gasteiger partial charge in [0.1, 0.15) is 0 Å². The summed E-state index contributed by atoms with van der Waals surface area (Å²) in [4.78, 5) is 14.5. The summed E-state index contributed by atoms with van der Waals surface area (Å²) in [5.41, 5.74) is 1.41. The van der Waals surface area contributed by atoms with Crippen LogP contribution in [0.2, 0.25) is 0 Å². The van der Waals surface area contributed by atoms with Crippen molar-refractivity contribution in [3.05, 3.63) is 21.9 Å². The summed E-state index contributed by atoms with van der Waals surface area (Å²) in [7, 11) is 0. The quantitative estimate of drug-likeness (QED) is 0.858. The predicted molar refractivity (Wildman–Crippen MR) is 76.5 cm³/mol. The van der Waals surface area contributed by atoms with E-state index in [1.165, 1.54) is 6.42 Å². The van der Waals surface area contributed by atoms with Crippen LogP contribution in [0.1, 0.15) is 48.0 Å².